The van der Waals surface area contributed by atoms with Gasteiger partial charge in [0.15, 0.2) is 11.6 Å². The molecule has 0 saturated carbocycles. The Hall–Kier alpha value is -5.56. The second-order valence-corrected chi connectivity index (χ2v) is 12.3. The molecule has 2 N–H and O–H groups in total. The van der Waals surface area contributed by atoms with Gasteiger partial charge in [0.05, 0.1) is 34.2 Å². The van der Waals surface area contributed by atoms with Gasteiger partial charge in [-0.3, -0.25) is 19.6 Å². The van der Waals surface area contributed by atoms with Crippen LogP contribution in [0.3, 0.4) is 0 Å². The average molecular weight is 654 g/mol. The molecule has 0 unspecified atom stereocenters. The Morgan fingerprint density at radius 2 is 0.837 bits per heavy atom. The van der Waals surface area contributed by atoms with Crippen LogP contribution in [0.25, 0.3) is 0 Å². The van der Waals surface area contributed by atoms with Crippen molar-refractivity contribution in [1.82, 2.24) is 9.97 Å². The Morgan fingerprint density at radius 3 is 1.20 bits per heavy atom. The maximum absolute atomic E-state index is 10.8. The van der Waals surface area contributed by atoms with Gasteiger partial charge in [0.1, 0.15) is 11.4 Å². The smallest absolute Gasteiger partial charge is 0.178 e. The van der Waals surface area contributed by atoms with Crippen LogP contribution in [-0.2, 0) is 0 Å². The van der Waals surface area contributed by atoms with Crippen LogP contribution in [0.15, 0.2) is 101 Å². The van der Waals surface area contributed by atoms with Crippen molar-refractivity contribution < 1.29 is 9.59 Å². The highest BCUT2D eigenvalue weighted by Crippen LogP contribution is 2.23. The van der Waals surface area contributed by atoms with E-state index < -0.39 is 0 Å². The molecule has 2 aromatic heterocycles. The average Bonchev–Trinajstić information content (AvgIpc) is 3.07. The first-order valence-electron chi connectivity index (χ1n) is 16.2. The SMILES string of the molecule is CC(=Nc1cc(C)ccc1C)c1cccc(C(C)=Nc2cc(C)ccc2C)n1.CC(=O)c1cccc(C(C)=O)n1.Cc1ccc(C)c(N)c1. The fourth-order valence-corrected chi connectivity index (χ4v) is 4.58. The molecule has 0 radical (unpaired) electrons. The van der Waals surface area contributed by atoms with E-state index in [1.54, 1.807) is 18.2 Å². The van der Waals surface area contributed by atoms with E-state index in [1.165, 1.54) is 30.5 Å². The highest BCUT2D eigenvalue weighted by Gasteiger charge is 2.07. The van der Waals surface area contributed by atoms with Gasteiger partial charge in [-0.15, -0.1) is 0 Å². The first-order chi connectivity index (χ1) is 23.1. The maximum Gasteiger partial charge on any atom is 0.178 e. The molecule has 0 atom stereocenters. The summed E-state index contributed by atoms with van der Waals surface area (Å²) in [6, 6.07) is 29.6. The summed E-state index contributed by atoms with van der Waals surface area (Å²) in [6.45, 7) is 19.2. The minimum atomic E-state index is -0.127. The van der Waals surface area contributed by atoms with Gasteiger partial charge in [0, 0.05) is 19.5 Å². The molecule has 0 aliphatic carbocycles. The molecule has 0 aliphatic heterocycles. The molecule has 252 valence electrons. The lowest BCUT2D eigenvalue weighted by Crippen LogP contribution is -2.05. The molecule has 0 amide bonds. The summed E-state index contributed by atoms with van der Waals surface area (Å²) >= 11 is 0. The molecule has 0 spiro atoms. The van der Waals surface area contributed by atoms with Crippen molar-refractivity contribution in [2.75, 3.05) is 5.73 Å². The topological polar surface area (TPSA) is 111 Å². The fourth-order valence-electron chi connectivity index (χ4n) is 4.58. The number of ketones is 2. The van der Waals surface area contributed by atoms with Crippen LogP contribution in [0.4, 0.5) is 17.1 Å². The number of aromatic nitrogens is 2. The summed E-state index contributed by atoms with van der Waals surface area (Å²) in [5, 5.41) is 0. The molecule has 2 heterocycles. The Bertz CT molecular complexity index is 1910. The quantitative estimate of drug-likeness (QED) is 0.111. The summed E-state index contributed by atoms with van der Waals surface area (Å²) in [6.07, 6.45) is 0. The molecule has 5 rings (SSSR count). The summed E-state index contributed by atoms with van der Waals surface area (Å²) in [7, 11) is 0. The predicted molar refractivity (Wildman–Crippen MR) is 204 cm³/mol. The van der Waals surface area contributed by atoms with Gasteiger partial charge in [-0.05, 0) is 131 Å². The number of nitrogens with two attached hydrogens (primary N) is 1. The van der Waals surface area contributed by atoms with E-state index in [9.17, 15) is 9.59 Å². The lowest BCUT2D eigenvalue weighted by Gasteiger charge is -2.08. The van der Waals surface area contributed by atoms with Crippen LogP contribution in [0, 0.1) is 41.5 Å². The molecule has 5 aromatic rings. The number of aliphatic imine (C=N–C) groups is 2. The number of pyridine rings is 2. The van der Waals surface area contributed by atoms with Crippen molar-refractivity contribution in [3.63, 3.8) is 0 Å². The monoisotopic (exact) mass is 653 g/mol. The van der Waals surface area contributed by atoms with E-state index in [0.29, 0.717) is 11.4 Å². The first kappa shape index (κ1) is 37.9. The number of anilines is 1. The Kier molecular flexibility index (Phi) is 13.6. The van der Waals surface area contributed by atoms with Crippen molar-refractivity contribution in [1.29, 1.82) is 0 Å². The van der Waals surface area contributed by atoms with E-state index in [0.717, 1.165) is 56.6 Å². The van der Waals surface area contributed by atoms with Gasteiger partial charge < -0.3 is 5.73 Å². The van der Waals surface area contributed by atoms with Crippen molar-refractivity contribution >= 4 is 40.1 Å². The maximum atomic E-state index is 10.8. The molecule has 0 aliphatic rings. The van der Waals surface area contributed by atoms with Crippen LogP contribution in [0.2, 0.25) is 0 Å². The number of Topliss-reactive ketones (excluding diaryl/α,β-unsaturated/α-hetero) is 2. The first-order valence-corrected chi connectivity index (χ1v) is 16.2. The second kappa shape index (κ2) is 17.6. The van der Waals surface area contributed by atoms with E-state index in [-0.39, 0.29) is 11.6 Å². The number of carbonyl (C=O) groups is 2. The molecule has 3 aromatic carbocycles. The van der Waals surface area contributed by atoms with Crippen LogP contribution in [-0.4, -0.2) is 33.0 Å². The largest absolute Gasteiger partial charge is 0.399 e. The summed E-state index contributed by atoms with van der Waals surface area (Å²) < 4.78 is 0. The highest BCUT2D eigenvalue weighted by atomic mass is 16.1. The second-order valence-electron chi connectivity index (χ2n) is 12.3. The number of rotatable bonds is 6. The molecule has 0 bridgehead atoms. The molecule has 7 nitrogen and oxygen atoms in total. The van der Waals surface area contributed by atoms with Crippen LogP contribution in [0.5, 0.6) is 0 Å². The summed E-state index contributed by atoms with van der Waals surface area (Å²) in [5.74, 6) is -0.254. The van der Waals surface area contributed by atoms with E-state index in [2.05, 4.69) is 75.1 Å². The van der Waals surface area contributed by atoms with Gasteiger partial charge >= 0.3 is 0 Å². The lowest BCUT2D eigenvalue weighted by atomic mass is 10.1. The molecule has 0 fully saturated rings. The number of nitrogen functional groups attached to an aromatic ring is 1. The van der Waals surface area contributed by atoms with E-state index in [1.807, 2.05) is 58.0 Å². The van der Waals surface area contributed by atoms with Crippen molar-refractivity contribution in [2.24, 2.45) is 9.98 Å². The molecule has 0 saturated heterocycles. The van der Waals surface area contributed by atoms with Crippen LogP contribution < -0.4 is 5.73 Å². The van der Waals surface area contributed by atoms with E-state index in [4.69, 9.17) is 20.7 Å². The van der Waals surface area contributed by atoms with Gasteiger partial charge in [0.25, 0.3) is 0 Å². The molecular formula is C42H47N5O2. The summed E-state index contributed by atoms with van der Waals surface area (Å²) in [4.78, 5) is 40.0. The van der Waals surface area contributed by atoms with Crippen molar-refractivity contribution in [2.45, 2.75) is 69.2 Å². The number of benzene rings is 3. The zero-order valence-corrected chi connectivity index (χ0v) is 30.3. The van der Waals surface area contributed by atoms with Gasteiger partial charge in [-0.2, -0.15) is 0 Å². The minimum Gasteiger partial charge on any atom is -0.399 e. The van der Waals surface area contributed by atoms with Gasteiger partial charge in [-0.1, -0.05) is 48.5 Å². The third-order valence-corrected chi connectivity index (χ3v) is 7.70. The number of nitrogens with zero attached hydrogens (tertiary/aromatic N) is 4. The number of aryl methyl sites for hydroxylation is 6. The number of carbonyl (C=O) groups excluding carboxylic acids is 2. The third-order valence-electron chi connectivity index (χ3n) is 7.70. The lowest BCUT2D eigenvalue weighted by molar-refractivity contribution is 0.101. The van der Waals surface area contributed by atoms with Crippen LogP contribution >= 0.6 is 0 Å². The summed E-state index contributed by atoms with van der Waals surface area (Å²) in [5.41, 5.74) is 19.8. The van der Waals surface area contributed by atoms with Gasteiger partial charge in [-0.25, -0.2) is 9.97 Å². The molecular weight excluding hydrogens is 606 g/mol. The Morgan fingerprint density at radius 1 is 0.490 bits per heavy atom. The minimum absolute atomic E-state index is 0.127. The predicted octanol–water partition coefficient (Wildman–Crippen LogP) is 9.97. The Labute approximate surface area is 291 Å². The third kappa shape index (κ3) is 11.6. The standard InChI is InChI=1S/C25H27N3.C9H9NO2.C8H11N/c1-16-10-12-18(3)24(14-16)26-20(5)22-8-7-9-23(28-22)21(6)27-25-15-17(2)11-13-19(25)4;1-6(11)8-4-3-5-9(10-8)7(2)12;1-6-3-4-7(2)8(9)5-6/h7-15H,1-6H3;3-5H,1-2H3;3-5H,9H2,1-2H3. The molecule has 49 heavy (non-hydrogen) atoms. The molecule has 7 heteroatoms. The van der Waals surface area contributed by atoms with Gasteiger partial charge in [0.2, 0.25) is 0 Å². The van der Waals surface area contributed by atoms with Crippen LogP contribution in [0.1, 0.15) is 93.4 Å². The van der Waals surface area contributed by atoms with E-state index >= 15 is 0 Å². The van der Waals surface area contributed by atoms with Crippen molar-refractivity contribution in [3.05, 3.63) is 147 Å². The number of hydrogen-bond acceptors (Lipinski definition) is 7. The highest BCUT2D eigenvalue weighted by molar-refractivity contribution is 6.02. The normalized spacial score (nSPS) is 11.1. The Balaban J connectivity index is 0.000000252. The zero-order valence-electron chi connectivity index (χ0n) is 30.3. The zero-order chi connectivity index (χ0) is 36.2. The fraction of sp³-hybridized carbons (Fsp3) is 0.238. The number of hydrogen-bond donors (Lipinski definition) is 1. The van der Waals surface area contributed by atoms with Crippen molar-refractivity contribution in [3.8, 4) is 0 Å².